The molecule has 158 valence electrons. The molecule has 7 nitrogen and oxygen atoms in total. The third-order valence-corrected chi connectivity index (χ3v) is 6.09. The Labute approximate surface area is 181 Å². The molecular weight excluding hydrogens is 388 g/mol. The SMILES string of the molecule is CCN(CC)c1ccc(-c2nc3n(n2)C(c2ccccn2)C2=C(CCCC2=O)N3)cc1. The molecule has 1 aliphatic carbocycles. The first-order valence-electron chi connectivity index (χ1n) is 11.0. The van der Waals surface area contributed by atoms with Crippen LogP contribution in [-0.2, 0) is 4.79 Å². The van der Waals surface area contributed by atoms with Crippen LogP contribution in [0.3, 0.4) is 0 Å². The first-order chi connectivity index (χ1) is 15.2. The first-order valence-corrected chi connectivity index (χ1v) is 11.0. The Balaban J connectivity index is 1.56. The predicted molar refractivity (Wildman–Crippen MR) is 121 cm³/mol. The summed E-state index contributed by atoms with van der Waals surface area (Å²) in [6.45, 7) is 6.24. The summed E-state index contributed by atoms with van der Waals surface area (Å²) < 4.78 is 1.82. The van der Waals surface area contributed by atoms with Gasteiger partial charge in [0.25, 0.3) is 0 Å². The second-order valence-corrected chi connectivity index (χ2v) is 7.87. The summed E-state index contributed by atoms with van der Waals surface area (Å²) in [7, 11) is 0. The van der Waals surface area contributed by atoms with Crippen molar-refractivity contribution in [2.24, 2.45) is 0 Å². The molecule has 1 aromatic carbocycles. The van der Waals surface area contributed by atoms with E-state index >= 15 is 0 Å². The largest absolute Gasteiger partial charge is 0.372 e. The summed E-state index contributed by atoms with van der Waals surface area (Å²) in [6.07, 6.45) is 4.01. The molecule has 2 aliphatic rings. The van der Waals surface area contributed by atoms with Gasteiger partial charge in [-0.25, -0.2) is 4.68 Å². The highest BCUT2D eigenvalue weighted by Gasteiger charge is 2.37. The van der Waals surface area contributed by atoms with Gasteiger partial charge in [0.2, 0.25) is 5.95 Å². The number of Topliss-reactive ketones (excluding diaryl/α,β-unsaturated/α-hetero) is 1. The average Bonchev–Trinajstić information content (AvgIpc) is 3.23. The number of benzene rings is 1. The standard InChI is InChI=1S/C24H26N6O/c1-3-29(4-2)17-13-11-16(12-14-17)23-27-24-26-18-9-7-10-20(31)21(18)22(30(24)28-23)19-8-5-6-15-25-19/h5-6,8,11-15,22H,3-4,7,9-10H2,1-2H3,(H,26,27,28). The van der Waals surface area contributed by atoms with Gasteiger partial charge in [0.05, 0.1) is 5.69 Å². The normalized spacial score (nSPS) is 17.7. The van der Waals surface area contributed by atoms with Crippen molar-refractivity contribution in [3.63, 3.8) is 0 Å². The third kappa shape index (κ3) is 3.40. The van der Waals surface area contributed by atoms with E-state index in [9.17, 15) is 4.79 Å². The van der Waals surface area contributed by atoms with E-state index in [1.807, 2.05) is 22.9 Å². The Morgan fingerprint density at radius 3 is 2.61 bits per heavy atom. The van der Waals surface area contributed by atoms with E-state index in [1.54, 1.807) is 6.20 Å². The minimum Gasteiger partial charge on any atom is -0.372 e. The molecule has 1 aliphatic heterocycles. The molecule has 0 spiro atoms. The lowest BCUT2D eigenvalue weighted by Gasteiger charge is -2.31. The highest BCUT2D eigenvalue weighted by Crippen LogP contribution is 2.40. The number of nitrogens with one attached hydrogen (secondary N) is 1. The van der Waals surface area contributed by atoms with Gasteiger partial charge in [-0.1, -0.05) is 6.07 Å². The number of carbonyl (C=O) groups is 1. The number of ketones is 1. The van der Waals surface area contributed by atoms with E-state index in [-0.39, 0.29) is 11.8 Å². The highest BCUT2D eigenvalue weighted by molar-refractivity contribution is 5.99. The molecule has 0 bridgehead atoms. The van der Waals surface area contributed by atoms with Crippen LogP contribution in [-0.4, -0.2) is 38.6 Å². The molecule has 1 unspecified atom stereocenters. The Morgan fingerprint density at radius 2 is 1.90 bits per heavy atom. The molecule has 0 radical (unpaired) electrons. The van der Waals surface area contributed by atoms with Crippen molar-refractivity contribution in [2.75, 3.05) is 23.3 Å². The zero-order valence-corrected chi connectivity index (χ0v) is 17.9. The van der Waals surface area contributed by atoms with Crippen LogP contribution >= 0.6 is 0 Å². The van der Waals surface area contributed by atoms with Crippen LogP contribution in [0.15, 0.2) is 59.9 Å². The maximum Gasteiger partial charge on any atom is 0.226 e. The third-order valence-electron chi connectivity index (χ3n) is 6.09. The van der Waals surface area contributed by atoms with Crippen LogP contribution in [0, 0.1) is 0 Å². The quantitative estimate of drug-likeness (QED) is 0.674. The number of anilines is 2. The molecule has 1 N–H and O–H groups in total. The van der Waals surface area contributed by atoms with Crippen molar-refractivity contribution in [1.82, 2.24) is 19.7 Å². The molecule has 7 heteroatoms. The van der Waals surface area contributed by atoms with Crippen molar-refractivity contribution in [1.29, 1.82) is 0 Å². The van der Waals surface area contributed by atoms with E-state index in [2.05, 4.69) is 53.3 Å². The summed E-state index contributed by atoms with van der Waals surface area (Å²) in [5.74, 6) is 1.46. The lowest BCUT2D eigenvalue weighted by atomic mass is 9.87. The van der Waals surface area contributed by atoms with Crippen LogP contribution < -0.4 is 10.2 Å². The summed E-state index contributed by atoms with van der Waals surface area (Å²) >= 11 is 0. The molecule has 3 aromatic rings. The minimum absolute atomic E-state index is 0.163. The molecule has 2 aromatic heterocycles. The highest BCUT2D eigenvalue weighted by atomic mass is 16.1. The maximum atomic E-state index is 12.9. The molecular formula is C24H26N6O. The fourth-order valence-electron chi connectivity index (χ4n) is 4.50. The van der Waals surface area contributed by atoms with Gasteiger partial charge in [-0.15, -0.1) is 5.10 Å². The van der Waals surface area contributed by atoms with Crippen molar-refractivity contribution < 1.29 is 4.79 Å². The Kier molecular flexibility index (Phi) is 5.02. The number of carbonyl (C=O) groups excluding carboxylic acids is 1. The predicted octanol–water partition coefficient (Wildman–Crippen LogP) is 4.21. The number of rotatable bonds is 5. The van der Waals surface area contributed by atoms with Gasteiger partial charge in [0, 0.05) is 48.2 Å². The number of aromatic nitrogens is 4. The van der Waals surface area contributed by atoms with Gasteiger partial charge in [-0.2, -0.15) is 4.98 Å². The molecule has 31 heavy (non-hydrogen) atoms. The number of pyridine rings is 1. The fraction of sp³-hybridized carbons (Fsp3) is 0.333. The van der Waals surface area contributed by atoms with Gasteiger partial charge in [0.15, 0.2) is 11.6 Å². The number of nitrogens with zero attached hydrogens (tertiary/aromatic N) is 5. The minimum atomic E-state index is -0.351. The number of allylic oxidation sites excluding steroid dienone is 2. The molecule has 1 atom stereocenters. The average molecular weight is 415 g/mol. The lowest BCUT2D eigenvalue weighted by Crippen LogP contribution is -2.32. The number of hydrogen-bond acceptors (Lipinski definition) is 6. The Bertz CT molecular complexity index is 1130. The van der Waals surface area contributed by atoms with E-state index in [0.29, 0.717) is 18.2 Å². The Morgan fingerprint density at radius 1 is 1.10 bits per heavy atom. The van der Waals surface area contributed by atoms with Gasteiger partial charge >= 0.3 is 0 Å². The fourth-order valence-corrected chi connectivity index (χ4v) is 4.50. The maximum absolute atomic E-state index is 12.9. The lowest BCUT2D eigenvalue weighted by molar-refractivity contribution is -0.116. The van der Waals surface area contributed by atoms with Crippen LogP contribution in [0.1, 0.15) is 44.8 Å². The zero-order chi connectivity index (χ0) is 21.4. The monoisotopic (exact) mass is 414 g/mol. The van der Waals surface area contributed by atoms with Crippen molar-refractivity contribution in [2.45, 2.75) is 39.2 Å². The molecule has 0 fully saturated rings. The van der Waals surface area contributed by atoms with E-state index in [4.69, 9.17) is 10.1 Å². The topological polar surface area (TPSA) is 75.9 Å². The summed E-state index contributed by atoms with van der Waals surface area (Å²) in [4.78, 5) is 24.5. The second kappa shape index (κ2) is 7.98. The second-order valence-electron chi connectivity index (χ2n) is 7.87. The van der Waals surface area contributed by atoms with Crippen LogP contribution in [0.4, 0.5) is 11.6 Å². The summed E-state index contributed by atoms with van der Waals surface area (Å²) in [5, 5.41) is 8.20. The summed E-state index contributed by atoms with van der Waals surface area (Å²) in [6, 6.07) is 13.8. The molecule has 5 rings (SSSR count). The van der Waals surface area contributed by atoms with E-state index < -0.39 is 0 Å². The zero-order valence-electron chi connectivity index (χ0n) is 17.9. The molecule has 3 heterocycles. The first kappa shape index (κ1) is 19.5. The van der Waals surface area contributed by atoms with Crippen LogP contribution in [0.25, 0.3) is 11.4 Å². The van der Waals surface area contributed by atoms with E-state index in [0.717, 1.165) is 48.5 Å². The van der Waals surface area contributed by atoms with Crippen molar-refractivity contribution in [3.05, 3.63) is 65.6 Å². The van der Waals surface area contributed by atoms with Gasteiger partial charge in [-0.05, 0) is 63.1 Å². The molecule has 0 amide bonds. The van der Waals surface area contributed by atoms with Crippen molar-refractivity contribution in [3.8, 4) is 11.4 Å². The van der Waals surface area contributed by atoms with E-state index in [1.165, 1.54) is 5.69 Å². The number of hydrogen-bond donors (Lipinski definition) is 1. The smallest absolute Gasteiger partial charge is 0.226 e. The number of fused-ring (bicyclic) bond motifs is 1. The molecule has 0 saturated carbocycles. The molecule has 0 saturated heterocycles. The van der Waals surface area contributed by atoms with Crippen molar-refractivity contribution >= 4 is 17.4 Å². The van der Waals surface area contributed by atoms with Gasteiger partial charge in [0.1, 0.15) is 6.04 Å². The van der Waals surface area contributed by atoms with Gasteiger partial charge < -0.3 is 10.2 Å². The summed E-state index contributed by atoms with van der Waals surface area (Å²) in [5.41, 5.74) is 4.66. The Hall–Kier alpha value is -3.48. The van der Waals surface area contributed by atoms with Crippen LogP contribution in [0.2, 0.25) is 0 Å². The van der Waals surface area contributed by atoms with Crippen LogP contribution in [0.5, 0.6) is 0 Å². The van der Waals surface area contributed by atoms with Gasteiger partial charge in [-0.3, -0.25) is 9.78 Å².